The van der Waals surface area contributed by atoms with E-state index in [0.29, 0.717) is 0 Å². The monoisotopic (exact) mass is 479 g/mol. The summed E-state index contributed by atoms with van der Waals surface area (Å²) in [7, 11) is 0. The van der Waals surface area contributed by atoms with Crippen LogP contribution in [-0.2, 0) is 16.1 Å². The van der Waals surface area contributed by atoms with Gasteiger partial charge in [-0.1, -0.05) is 53.7 Å². The molecular formula is C24H25N5O6. The van der Waals surface area contributed by atoms with Crippen molar-refractivity contribution in [2.45, 2.75) is 25.0 Å². The number of nitrogens with one attached hydrogen (secondary N) is 2. The van der Waals surface area contributed by atoms with Crippen molar-refractivity contribution >= 4 is 18.0 Å². The molecule has 3 aromatic rings. The fourth-order valence-electron chi connectivity index (χ4n) is 4.02. The lowest BCUT2D eigenvalue weighted by atomic mass is 9.98. The highest BCUT2D eigenvalue weighted by molar-refractivity contribution is 5.84. The van der Waals surface area contributed by atoms with Crippen LogP contribution < -0.4 is 10.6 Å². The van der Waals surface area contributed by atoms with E-state index in [1.165, 1.54) is 10.9 Å². The largest absolute Gasteiger partial charge is 0.476 e. The average molecular weight is 479 g/mol. The third-order valence-electron chi connectivity index (χ3n) is 5.67. The standard InChI is InChI=1S/C24H25N5O6/c30-15(11-22(31)25-9-10-29-13-21(23(32)33)27-28-29)12-26-24(34)35-14-20-18-7-3-1-5-16(18)17-6-2-4-8-19(17)20/h1-8,13,15,20,30H,9-12,14H2,(H,25,31)(H,26,34)(H,32,33). The number of alkyl carbamates (subject to hydrolysis) is 1. The van der Waals surface area contributed by atoms with E-state index in [4.69, 9.17) is 9.84 Å². The van der Waals surface area contributed by atoms with Gasteiger partial charge in [-0.15, -0.1) is 5.10 Å². The van der Waals surface area contributed by atoms with E-state index in [1.54, 1.807) is 0 Å². The molecule has 1 aliphatic rings. The Labute approximate surface area is 200 Å². The van der Waals surface area contributed by atoms with Gasteiger partial charge in [-0.05, 0) is 22.3 Å². The molecule has 4 N–H and O–H groups in total. The quantitative estimate of drug-likeness (QED) is 0.340. The Morgan fingerprint density at radius 1 is 1.03 bits per heavy atom. The minimum Gasteiger partial charge on any atom is -0.476 e. The molecule has 4 rings (SSSR count). The van der Waals surface area contributed by atoms with Crippen molar-refractivity contribution in [3.63, 3.8) is 0 Å². The van der Waals surface area contributed by atoms with Gasteiger partial charge in [0.05, 0.1) is 25.3 Å². The van der Waals surface area contributed by atoms with Gasteiger partial charge in [-0.25, -0.2) is 14.3 Å². The van der Waals surface area contributed by atoms with Gasteiger partial charge in [0, 0.05) is 19.0 Å². The van der Waals surface area contributed by atoms with E-state index in [9.17, 15) is 19.5 Å². The van der Waals surface area contributed by atoms with E-state index < -0.39 is 24.1 Å². The molecule has 0 bridgehead atoms. The van der Waals surface area contributed by atoms with Crippen LogP contribution in [0.15, 0.2) is 54.7 Å². The Balaban J connectivity index is 1.17. The van der Waals surface area contributed by atoms with Gasteiger partial charge in [0.15, 0.2) is 5.69 Å². The summed E-state index contributed by atoms with van der Waals surface area (Å²) >= 11 is 0. The Bertz CT molecular complexity index is 1180. The number of amides is 2. The van der Waals surface area contributed by atoms with Crippen LogP contribution in [0, 0.1) is 0 Å². The summed E-state index contributed by atoms with van der Waals surface area (Å²) in [6.45, 7) is 0.408. The number of benzene rings is 2. The van der Waals surface area contributed by atoms with Crippen molar-refractivity contribution in [3.05, 3.63) is 71.5 Å². The zero-order chi connectivity index (χ0) is 24.8. The molecule has 35 heavy (non-hydrogen) atoms. The summed E-state index contributed by atoms with van der Waals surface area (Å²) in [5.41, 5.74) is 4.27. The predicted molar refractivity (Wildman–Crippen MR) is 124 cm³/mol. The minimum atomic E-state index is -1.19. The number of hydrogen-bond donors (Lipinski definition) is 4. The number of aromatic carboxylic acids is 1. The molecule has 182 valence electrons. The fraction of sp³-hybridized carbons (Fsp3) is 0.292. The van der Waals surface area contributed by atoms with E-state index in [2.05, 4.69) is 33.1 Å². The lowest BCUT2D eigenvalue weighted by Gasteiger charge is -2.16. The lowest BCUT2D eigenvalue weighted by molar-refractivity contribution is -0.122. The molecule has 1 unspecified atom stereocenters. The van der Waals surface area contributed by atoms with Crippen LogP contribution in [-0.4, -0.2) is 69.0 Å². The summed E-state index contributed by atoms with van der Waals surface area (Å²) < 4.78 is 6.70. The van der Waals surface area contributed by atoms with Gasteiger partial charge in [0.25, 0.3) is 0 Å². The van der Waals surface area contributed by atoms with E-state index >= 15 is 0 Å². The molecule has 1 aromatic heterocycles. The Morgan fingerprint density at radius 3 is 2.31 bits per heavy atom. The van der Waals surface area contributed by atoms with Crippen molar-refractivity contribution in [2.24, 2.45) is 0 Å². The zero-order valence-electron chi connectivity index (χ0n) is 18.8. The molecule has 2 aromatic carbocycles. The molecule has 0 saturated heterocycles. The first-order valence-electron chi connectivity index (χ1n) is 11.1. The van der Waals surface area contributed by atoms with Crippen LogP contribution in [0.4, 0.5) is 4.79 Å². The number of ether oxygens (including phenoxy) is 1. The van der Waals surface area contributed by atoms with Gasteiger partial charge in [0.1, 0.15) is 6.61 Å². The second-order valence-corrected chi connectivity index (χ2v) is 8.09. The smallest absolute Gasteiger partial charge is 0.407 e. The highest BCUT2D eigenvalue weighted by Gasteiger charge is 2.29. The molecule has 11 nitrogen and oxygen atoms in total. The second-order valence-electron chi connectivity index (χ2n) is 8.09. The van der Waals surface area contributed by atoms with Crippen molar-refractivity contribution in [1.29, 1.82) is 0 Å². The minimum absolute atomic E-state index is 0.0691. The molecule has 0 spiro atoms. The number of carboxylic acid groups (broad SMARTS) is 1. The molecule has 0 aliphatic heterocycles. The summed E-state index contributed by atoms with van der Waals surface area (Å²) in [5.74, 6) is -1.68. The topological polar surface area (TPSA) is 156 Å². The number of nitrogens with zero attached hydrogens (tertiary/aromatic N) is 3. The van der Waals surface area contributed by atoms with Crippen LogP contribution in [0.3, 0.4) is 0 Å². The molecule has 0 saturated carbocycles. The van der Waals surface area contributed by atoms with E-state index in [0.717, 1.165) is 22.3 Å². The number of carbonyl (C=O) groups is 3. The molecule has 11 heteroatoms. The Morgan fingerprint density at radius 2 is 1.69 bits per heavy atom. The third-order valence-corrected chi connectivity index (χ3v) is 5.67. The molecule has 0 radical (unpaired) electrons. The summed E-state index contributed by atoms with van der Waals surface area (Å²) in [4.78, 5) is 35.0. The molecular weight excluding hydrogens is 454 g/mol. The zero-order valence-corrected chi connectivity index (χ0v) is 18.8. The average Bonchev–Trinajstić information content (AvgIpc) is 3.45. The first kappa shape index (κ1) is 23.9. The van der Waals surface area contributed by atoms with E-state index in [1.807, 2.05) is 36.4 Å². The first-order chi connectivity index (χ1) is 16.9. The maximum absolute atomic E-state index is 12.2. The number of hydrogen-bond acceptors (Lipinski definition) is 7. The predicted octanol–water partition coefficient (Wildman–Crippen LogP) is 1.38. The van der Waals surface area contributed by atoms with Gasteiger partial charge in [-0.2, -0.15) is 0 Å². The number of rotatable bonds is 10. The molecule has 0 fully saturated rings. The lowest BCUT2D eigenvalue weighted by Crippen LogP contribution is -2.37. The SMILES string of the molecule is O=C(CC(O)CNC(=O)OCC1c2ccccc2-c2ccccc21)NCCn1cc(C(=O)O)nn1. The Hall–Kier alpha value is -4.25. The second kappa shape index (κ2) is 10.8. The Kier molecular flexibility index (Phi) is 7.36. The van der Waals surface area contributed by atoms with Crippen molar-refractivity contribution in [3.8, 4) is 11.1 Å². The molecule has 2 amide bonds. The van der Waals surface area contributed by atoms with Crippen molar-refractivity contribution < 1.29 is 29.3 Å². The van der Waals surface area contributed by atoms with Crippen LogP contribution in [0.5, 0.6) is 0 Å². The third kappa shape index (κ3) is 5.82. The summed E-state index contributed by atoms with van der Waals surface area (Å²) in [5, 5.41) is 31.1. The van der Waals surface area contributed by atoms with Gasteiger partial charge >= 0.3 is 12.1 Å². The maximum atomic E-state index is 12.2. The summed E-state index contributed by atoms with van der Waals surface area (Å²) in [6.07, 6.45) is -0.740. The van der Waals surface area contributed by atoms with Crippen LogP contribution >= 0.6 is 0 Å². The number of fused-ring (bicyclic) bond motifs is 3. The van der Waals surface area contributed by atoms with Crippen molar-refractivity contribution in [2.75, 3.05) is 19.7 Å². The van der Waals surface area contributed by atoms with Crippen molar-refractivity contribution in [1.82, 2.24) is 25.6 Å². The van der Waals surface area contributed by atoms with Crippen LogP contribution in [0.2, 0.25) is 0 Å². The molecule has 1 atom stereocenters. The fourth-order valence-corrected chi connectivity index (χ4v) is 4.02. The normalized spacial score (nSPS) is 12.9. The van der Waals surface area contributed by atoms with Gasteiger partial charge in [-0.3, -0.25) is 4.79 Å². The van der Waals surface area contributed by atoms with Gasteiger partial charge < -0.3 is 25.6 Å². The number of aromatic nitrogens is 3. The highest BCUT2D eigenvalue weighted by Crippen LogP contribution is 2.44. The van der Waals surface area contributed by atoms with Crippen LogP contribution in [0.1, 0.15) is 34.0 Å². The first-order valence-corrected chi connectivity index (χ1v) is 11.1. The van der Waals surface area contributed by atoms with E-state index in [-0.39, 0.29) is 44.3 Å². The number of aliphatic hydroxyl groups is 1. The summed E-state index contributed by atoms with van der Waals surface area (Å²) in [6, 6.07) is 16.0. The number of aliphatic hydroxyl groups excluding tert-OH is 1. The highest BCUT2D eigenvalue weighted by atomic mass is 16.5. The molecule has 1 heterocycles. The maximum Gasteiger partial charge on any atom is 0.407 e. The van der Waals surface area contributed by atoms with Gasteiger partial charge in [0.2, 0.25) is 5.91 Å². The molecule has 1 aliphatic carbocycles. The number of carbonyl (C=O) groups excluding carboxylic acids is 2. The van der Waals surface area contributed by atoms with Crippen LogP contribution in [0.25, 0.3) is 11.1 Å². The number of carboxylic acids is 1.